The highest BCUT2D eigenvalue weighted by molar-refractivity contribution is 5.68. The van der Waals surface area contributed by atoms with Gasteiger partial charge in [-0.1, -0.05) is 26.7 Å². The van der Waals surface area contributed by atoms with Gasteiger partial charge in [0, 0.05) is 18.9 Å². The normalized spacial score (nSPS) is 18.0. The Bertz CT molecular complexity index is 599. The molecule has 0 bridgehead atoms. The lowest BCUT2D eigenvalue weighted by Crippen LogP contribution is -2.33. The number of fused-ring (bicyclic) bond motifs is 1. The molecule has 108 valence electrons. The van der Waals surface area contributed by atoms with Crippen LogP contribution in [0.2, 0.25) is 0 Å². The molecule has 20 heavy (non-hydrogen) atoms. The summed E-state index contributed by atoms with van der Waals surface area (Å²) >= 11 is 0. The van der Waals surface area contributed by atoms with Gasteiger partial charge in [-0.3, -0.25) is 0 Å². The summed E-state index contributed by atoms with van der Waals surface area (Å²) in [6.45, 7) is 4.81. The Hall–Kier alpha value is -1.62. The molecule has 0 saturated heterocycles. The average Bonchev–Trinajstić information content (AvgIpc) is 3.03. The van der Waals surface area contributed by atoms with Gasteiger partial charge in [0.1, 0.15) is 5.52 Å². The highest BCUT2D eigenvalue weighted by Gasteiger charge is 2.31. The van der Waals surface area contributed by atoms with E-state index in [0.717, 1.165) is 42.7 Å². The van der Waals surface area contributed by atoms with Gasteiger partial charge in [-0.25, -0.2) is 9.50 Å². The maximum atomic E-state index is 10.4. The highest BCUT2D eigenvalue weighted by Crippen LogP contribution is 2.30. The van der Waals surface area contributed by atoms with Crippen LogP contribution in [0.4, 0.5) is 5.82 Å². The molecule has 2 aromatic rings. The lowest BCUT2D eigenvalue weighted by molar-refractivity contribution is 0.0614. The molecule has 0 unspecified atom stereocenters. The van der Waals surface area contributed by atoms with Crippen LogP contribution in [-0.2, 0) is 0 Å². The van der Waals surface area contributed by atoms with E-state index in [0.29, 0.717) is 12.5 Å². The second-order valence-corrected chi connectivity index (χ2v) is 6.11. The van der Waals surface area contributed by atoms with E-state index in [2.05, 4.69) is 35.3 Å². The zero-order valence-electron chi connectivity index (χ0n) is 12.1. The Labute approximate surface area is 119 Å². The van der Waals surface area contributed by atoms with Crippen LogP contribution < -0.4 is 5.32 Å². The summed E-state index contributed by atoms with van der Waals surface area (Å²) in [5.74, 6) is 1.19. The number of aliphatic hydroxyl groups is 1. The van der Waals surface area contributed by atoms with E-state index in [1.54, 1.807) is 6.20 Å². The first-order valence-electron chi connectivity index (χ1n) is 7.38. The largest absolute Gasteiger partial charge is 0.388 e. The molecule has 1 aliphatic carbocycles. The zero-order valence-corrected chi connectivity index (χ0v) is 12.1. The number of aromatic nitrogens is 3. The number of nitrogens with zero attached hydrogens (tertiary/aromatic N) is 3. The molecule has 2 N–H and O–H groups in total. The molecule has 2 heterocycles. The molecule has 1 fully saturated rings. The first-order chi connectivity index (χ1) is 9.57. The first kappa shape index (κ1) is 13.4. The van der Waals surface area contributed by atoms with Crippen LogP contribution in [0, 0.1) is 0 Å². The molecule has 0 aliphatic heterocycles. The Morgan fingerprint density at radius 1 is 1.40 bits per heavy atom. The van der Waals surface area contributed by atoms with E-state index >= 15 is 0 Å². The van der Waals surface area contributed by atoms with E-state index in [-0.39, 0.29) is 0 Å². The van der Waals surface area contributed by atoms with Crippen molar-refractivity contribution in [3.8, 4) is 0 Å². The average molecular weight is 274 g/mol. The predicted molar refractivity (Wildman–Crippen MR) is 79.0 cm³/mol. The molecule has 3 rings (SSSR count). The third kappa shape index (κ3) is 2.50. The van der Waals surface area contributed by atoms with Crippen LogP contribution in [-0.4, -0.2) is 31.9 Å². The summed E-state index contributed by atoms with van der Waals surface area (Å²) in [6, 6.07) is 2.07. The van der Waals surface area contributed by atoms with Crippen molar-refractivity contribution in [1.29, 1.82) is 0 Å². The van der Waals surface area contributed by atoms with Gasteiger partial charge in [-0.05, 0) is 24.8 Å². The van der Waals surface area contributed by atoms with Gasteiger partial charge >= 0.3 is 0 Å². The fourth-order valence-corrected chi connectivity index (χ4v) is 2.82. The molecule has 0 radical (unpaired) electrons. The quantitative estimate of drug-likeness (QED) is 0.899. The fourth-order valence-electron chi connectivity index (χ4n) is 2.82. The van der Waals surface area contributed by atoms with Gasteiger partial charge in [0.2, 0.25) is 0 Å². The van der Waals surface area contributed by atoms with Gasteiger partial charge < -0.3 is 10.4 Å². The second-order valence-electron chi connectivity index (χ2n) is 6.11. The number of nitrogens with one attached hydrogen (secondary N) is 1. The minimum absolute atomic E-state index is 0.391. The third-order valence-corrected chi connectivity index (χ3v) is 4.12. The van der Waals surface area contributed by atoms with Crippen molar-refractivity contribution in [2.24, 2.45) is 0 Å². The SMILES string of the molecule is CC(C)c1cc2c(NCC3(O)CCCC3)nccn2n1. The Morgan fingerprint density at radius 3 is 2.85 bits per heavy atom. The fraction of sp³-hybridized carbons (Fsp3) is 0.600. The maximum absolute atomic E-state index is 10.4. The lowest BCUT2D eigenvalue weighted by Gasteiger charge is -2.22. The first-order valence-corrected chi connectivity index (χ1v) is 7.38. The van der Waals surface area contributed by atoms with Gasteiger partial charge in [0.05, 0.1) is 11.3 Å². The van der Waals surface area contributed by atoms with Crippen LogP contribution in [0.25, 0.3) is 5.52 Å². The molecule has 2 aromatic heterocycles. The molecule has 5 heteroatoms. The second kappa shape index (κ2) is 5.05. The zero-order chi connectivity index (χ0) is 14.2. The Morgan fingerprint density at radius 2 is 2.15 bits per heavy atom. The van der Waals surface area contributed by atoms with E-state index in [9.17, 15) is 5.11 Å². The standard InChI is InChI=1S/C15H22N4O/c1-11(2)12-9-13-14(16-7-8-19(13)18-12)17-10-15(20)5-3-4-6-15/h7-9,11,20H,3-6,10H2,1-2H3,(H,16,17). The summed E-state index contributed by atoms with van der Waals surface area (Å²) in [5.41, 5.74) is 1.45. The number of rotatable bonds is 4. The van der Waals surface area contributed by atoms with Crippen LogP contribution in [0.15, 0.2) is 18.5 Å². The highest BCUT2D eigenvalue weighted by atomic mass is 16.3. The third-order valence-electron chi connectivity index (χ3n) is 4.12. The molecule has 1 saturated carbocycles. The molecular weight excluding hydrogens is 252 g/mol. The van der Waals surface area contributed by atoms with E-state index in [1.807, 2.05) is 10.7 Å². The van der Waals surface area contributed by atoms with Crippen molar-refractivity contribution in [3.63, 3.8) is 0 Å². The molecule has 0 aromatic carbocycles. The minimum atomic E-state index is -0.574. The van der Waals surface area contributed by atoms with Gasteiger partial charge in [-0.2, -0.15) is 5.10 Å². The summed E-state index contributed by atoms with van der Waals surface area (Å²) in [4.78, 5) is 4.39. The monoisotopic (exact) mass is 274 g/mol. The Balaban J connectivity index is 1.83. The predicted octanol–water partition coefficient (Wildman–Crippen LogP) is 2.57. The maximum Gasteiger partial charge on any atom is 0.152 e. The van der Waals surface area contributed by atoms with Crippen molar-refractivity contribution >= 4 is 11.3 Å². The summed E-state index contributed by atoms with van der Waals surface area (Å²) in [6.07, 6.45) is 7.57. The number of anilines is 1. The minimum Gasteiger partial charge on any atom is -0.388 e. The van der Waals surface area contributed by atoms with Crippen molar-refractivity contribution < 1.29 is 5.11 Å². The van der Waals surface area contributed by atoms with Crippen LogP contribution in [0.1, 0.15) is 51.1 Å². The van der Waals surface area contributed by atoms with E-state index < -0.39 is 5.60 Å². The Kier molecular flexibility index (Phi) is 3.38. The molecular formula is C15H22N4O. The topological polar surface area (TPSA) is 62.5 Å². The van der Waals surface area contributed by atoms with Crippen LogP contribution >= 0.6 is 0 Å². The molecule has 5 nitrogen and oxygen atoms in total. The van der Waals surface area contributed by atoms with Crippen molar-refractivity contribution in [2.45, 2.75) is 51.0 Å². The molecule has 0 spiro atoms. The molecule has 0 atom stereocenters. The lowest BCUT2D eigenvalue weighted by atomic mass is 10.0. The smallest absolute Gasteiger partial charge is 0.152 e. The molecule has 0 amide bonds. The number of hydrogen-bond acceptors (Lipinski definition) is 4. The summed E-state index contributed by atoms with van der Waals surface area (Å²) in [5, 5.41) is 18.2. The summed E-state index contributed by atoms with van der Waals surface area (Å²) in [7, 11) is 0. The summed E-state index contributed by atoms with van der Waals surface area (Å²) < 4.78 is 1.85. The van der Waals surface area contributed by atoms with Crippen LogP contribution in [0.3, 0.4) is 0 Å². The van der Waals surface area contributed by atoms with Crippen molar-refractivity contribution in [3.05, 3.63) is 24.2 Å². The van der Waals surface area contributed by atoms with E-state index in [1.165, 1.54) is 0 Å². The van der Waals surface area contributed by atoms with Crippen molar-refractivity contribution in [1.82, 2.24) is 14.6 Å². The number of hydrogen-bond donors (Lipinski definition) is 2. The van der Waals surface area contributed by atoms with Crippen LogP contribution in [0.5, 0.6) is 0 Å². The van der Waals surface area contributed by atoms with Gasteiger partial charge in [-0.15, -0.1) is 0 Å². The van der Waals surface area contributed by atoms with Crippen molar-refractivity contribution in [2.75, 3.05) is 11.9 Å². The molecule has 1 aliphatic rings. The van der Waals surface area contributed by atoms with E-state index in [4.69, 9.17) is 0 Å². The van der Waals surface area contributed by atoms with Gasteiger partial charge in [0.15, 0.2) is 5.82 Å². The van der Waals surface area contributed by atoms with Gasteiger partial charge in [0.25, 0.3) is 0 Å².